The largest absolute Gasteiger partial charge is 0.455 e. The molecule has 6 atom stereocenters. The van der Waals surface area contributed by atoms with Crippen LogP contribution in [-0.4, -0.2) is 58.9 Å². The molecular formula is C19H20Cl3NO8. The van der Waals surface area contributed by atoms with E-state index in [0.717, 1.165) is 12.5 Å². The van der Waals surface area contributed by atoms with Crippen LogP contribution in [0.5, 0.6) is 0 Å². The summed E-state index contributed by atoms with van der Waals surface area (Å²) in [5, 5.41) is 7.82. The Labute approximate surface area is 193 Å². The molecule has 12 heteroatoms. The highest BCUT2D eigenvalue weighted by Gasteiger charge is 2.55. The highest BCUT2D eigenvalue weighted by molar-refractivity contribution is 6.76. The highest BCUT2D eigenvalue weighted by atomic mass is 35.6. The summed E-state index contributed by atoms with van der Waals surface area (Å²) in [5.74, 6) is -2.12. The quantitative estimate of drug-likeness (QED) is 0.293. The fraction of sp³-hybridized carbons (Fsp3) is 0.526. The maximum absolute atomic E-state index is 11.8. The standard InChI is InChI=1S/C19H20Cl3NO8/c1-9(24)27-14-13-12(8-26-16(30-13)11-6-4-3-5-7-11)29-17(15(14)28-10(2)25)31-18(23)19(20,21)22/h3-7,12-17,23H,8H2,1-2H3/t12-,13-,14+,15-,16-,17+/m1/s1. The van der Waals surface area contributed by atoms with Crippen molar-refractivity contribution in [3.8, 4) is 0 Å². The highest BCUT2D eigenvalue weighted by Crippen LogP contribution is 2.38. The molecule has 0 radical (unpaired) electrons. The van der Waals surface area contributed by atoms with E-state index < -0.39 is 58.6 Å². The van der Waals surface area contributed by atoms with Crippen LogP contribution in [0.2, 0.25) is 0 Å². The third kappa shape index (κ3) is 6.00. The van der Waals surface area contributed by atoms with Crippen molar-refractivity contribution in [3.63, 3.8) is 0 Å². The van der Waals surface area contributed by atoms with Crippen LogP contribution in [-0.2, 0) is 38.0 Å². The molecule has 0 amide bonds. The SMILES string of the molecule is CC(=O)O[C@@H]1[C@@H](OC(C)=O)[C@H](OC(=N)C(Cl)(Cl)Cl)O[C@@H]2CO[C@@H](c3ccccc3)O[C@@H]12. The lowest BCUT2D eigenvalue weighted by atomic mass is 9.97. The van der Waals surface area contributed by atoms with Crippen molar-refractivity contribution in [1.82, 2.24) is 0 Å². The molecule has 2 saturated heterocycles. The molecule has 1 N–H and O–H groups in total. The Hall–Kier alpha value is -1.62. The van der Waals surface area contributed by atoms with E-state index in [1.165, 1.54) is 6.92 Å². The van der Waals surface area contributed by atoms with E-state index >= 15 is 0 Å². The Morgan fingerprint density at radius 1 is 1.00 bits per heavy atom. The van der Waals surface area contributed by atoms with Gasteiger partial charge in [-0.15, -0.1) is 0 Å². The lowest BCUT2D eigenvalue weighted by Crippen LogP contribution is -2.64. The van der Waals surface area contributed by atoms with E-state index in [4.69, 9.17) is 68.6 Å². The van der Waals surface area contributed by atoms with Crippen molar-refractivity contribution in [2.75, 3.05) is 6.61 Å². The maximum atomic E-state index is 11.8. The molecule has 0 saturated carbocycles. The molecule has 2 aliphatic heterocycles. The molecule has 0 bridgehead atoms. The number of esters is 2. The van der Waals surface area contributed by atoms with Gasteiger partial charge >= 0.3 is 11.9 Å². The second-order valence-electron chi connectivity index (χ2n) is 6.81. The van der Waals surface area contributed by atoms with Gasteiger partial charge in [0.2, 0.25) is 18.3 Å². The molecule has 31 heavy (non-hydrogen) atoms. The lowest BCUT2D eigenvalue weighted by molar-refractivity contribution is -0.353. The van der Waals surface area contributed by atoms with Crippen LogP contribution in [0.15, 0.2) is 30.3 Å². The van der Waals surface area contributed by atoms with Crippen LogP contribution in [0.3, 0.4) is 0 Å². The van der Waals surface area contributed by atoms with Gasteiger partial charge in [0.15, 0.2) is 12.4 Å². The molecule has 9 nitrogen and oxygen atoms in total. The average molecular weight is 497 g/mol. The van der Waals surface area contributed by atoms with Crippen LogP contribution in [0.4, 0.5) is 0 Å². The predicted molar refractivity (Wildman–Crippen MR) is 109 cm³/mol. The Morgan fingerprint density at radius 3 is 2.19 bits per heavy atom. The van der Waals surface area contributed by atoms with E-state index in [1.54, 1.807) is 0 Å². The molecule has 0 unspecified atom stereocenters. The van der Waals surface area contributed by atoms with Crippen molar-refractivity contribution < 1.29 is 38.0 Å². The average Bonchev–Trinajstić information content (AvgIpc) is 2.69. The van der Waals surface area contributed by atoms with E-state index in [9.17, 15) is 9.59 Å². The molecule has 0 aliphatic carbocycles. The first-order valence-corrected chi connectivity index (χ1v) is 10.3. The number of alkyl halides is 3. The van der Waals surface area contributed by atoms with Gasteiger partial charge < -0.3 is 28.4 Å². The van der Waals surface area contributed by atoms with Gasteiger partial charge in [-0.3, -0.25) is 15.0 Å². The fourth-order valence-electron chi connectivity index (χ4n) is 3.25. The van der Waals surface area contributed by atoms with Gasteiger partial charge in [-0.05, 0) is 0 Å². The van der Waals surface area contributed by atoms with E-state index in [0.29, 0.717) is 0 Å². The van der Waals surface area contributed by atoms with Gasteiger partial charge in [0.05, 0.1) is 6.61 Å². The lowest BCUT2D eigenvalue weighted by Gasteiger charge is -2.47. The minimum absolute atomic E-state index is 0.0374. The van der Waals surface area contributed by atoms with E-state index in [2.05, 4.69) is 0 Å². The number of rotatable bonds is 4. The van der Waals surface area contributed by atoms with Gasteiger partial charge in [-0.25, -0.2) is 0 Å². The second-order valence-corrected chi connectivity index (χ2v) is 9.09. The smallest absolute Gasteiger partial charge is 0.303 e. The molecule has 0 aromatic heterocycles. The molecule has 0 spiro atoms. The minimum atomic E-state index is -2.18. The zero-order valence-electron chi connectivity index (χ0n) is 16.5. The van der Waals surface area contributed by atoms with Crippen LogP contribution in [0.25, 0.3) is 0 Å². The molecule has 170 valence electrons. The first-order chi connectivity index (χ1) is 14.6. The monoisotopic (exact) mass is 495 g/mol. The summed E-state index contributed by atoms with van der Waals surface area (Å²) in [6.45, 7) is 2.39. The second kappa shape index (κ2) is 9.89. The van der Waals surface area contributed by atoms with E-state index in [1.807, 2.05) is 30.3 Å². The van der Waals surface area contributed by atoms with Crippen molar-refractivity contribution in [2.45, 2.75) is 54.6 Å². The summed E-state index contributed by atoms with van der Waals surface area (Å²) in [7, 11) is 0. The van der Waals surface area contributed by atoms with Crippen molar-refractivity contribution in [2.24, 2.45) is 0 Å². The summed E-state index contributed by atoms with van der Waals surface area (Å²) < 4.78 is 31.4. The normalized spacial score (nSPS) is 30.6. The Morgan fingerprint density at radius 2 is 1.61 bits per heavy atom. The summed E-state index contributed by atoms with van der Waals surface area (Å²) in [6, 6.07) is 9.12. The van der Waals surface area contributed by atoms with Crippen molar-refractivity contribution in [3.05, 3.63) is 35.9 Å². The molecule has 1 aromatic carbocycles. The summed E-state index contributed by atoms with van der Waals surface area (Å²) >= 11 is 17.1. The molecule has 2 heterocycles. The number of hydrogen-bond donors (Lipinski definition) is 1. The first kappa shape index (κ1) is 24.0. The minimum Gasteiger partial charge on any atom is -0.455 e. The summed E-state index contributed by atoms with van der Waals surface area (Å²) in [6.07, 6.45) is -6.27. The summed E-state index contributed by atoms with van der Waals surface area (Å²) in [4.78, 5) is 23.6. The van der Waals surface area contributed by atoms with Crippen LogP contribution >= 0.6 is 34.8 Å². The zero-order valence-corrected chi connectivity index (χ0v) is 18.7. The summed E-state index contributed by atoms with van der Waals surface area (Å²) in [5.41, 5.74) is 0.739. The Kier molecular flexibility index (Phi) is 7.67. The molecule has 3 rings (SSSR count). The van der Waals surface area contributed by atoms with Crippen LogP contribution in [0, 0.1) is 5.41 Å². The molecule has 1 aromatic rings. The van der Waals surface area contributed by atoms with Gasteiger partial charge in [-0.1, -0.05) is 65.1 Å². The third-order valence-electron chi connectivity index (χ3n) is 4.45. The first-order valence-electron chi connectivity index (χ1n) is 9.20. The molecular weight excluding hydrogens is 477 g/mol. The maximum Gasteiger partial charge on any atom is 0.303 e. The topological polar surface area (TPSA) is 113 Å². The number of hydrogen-bond acceptors (Lipinski definition) is 9. The number of nitrogens with one attached hydrogen (secondary N) is 1. The number of halogens is 3. The zero-order chi connectivity index (χ0) is 22.8. The number of fused-ring (bicyclic) bond motifs is 1. The fourth-order valence-corrected chi connectivity index (χ4v) is 3.38. The van der Waals surface area contributed by atoms with Gasteiger partial charge in [0, 0.05) is 19.4 Å². The predicted octanol–water partition coefficient (Wildman–Crippen LogP) is 3.05. The van der Waals surface area contributed by atoms with Gasteiger partial charge in [0.25, 0.3) is 3.79 Å². The van der Waals surface area contributed by atoms with Crippen LogP contribution in [0.1, 0.15) is 25.7 Å². The Balaban J connectivity index is 1.89. The molecule has 2 fully saturated rings. The van der Waals surface area contributed by atoms with Crippen LogP contribution < -0.4 is 0 Å². The number of carbonyl (C=O) groups excluding carboxylic acids is 2. The Bertz CT molecular complexity index is 818. The van der Waals surface area contributed by atoms with Crippen molar-refractivity contribution in [1.29, 1.82) is 5.41 Å². The third-order valence-corrected chi connectivity index (χ3v) is 4.97. The number of benzene rings is 1. The van der Waals surface area contributed by atoms with Crippen molar-refractivity contribution >= 4 is 52.6 Å². The number of carbonyl (C=O) groups is 2. The van der Waals surface area contributed by atoms with E-state index in [-0.39, 0.29) is 6.61 Å². The number of ether oxygens (including phenoxy) is 6. The molecule has 2 aliphatic rings. The van der Waals surface area contributed by atoms with Gasteiger partial charge in [-0.2, -0.15) is 0 Å². The van der Waals surface area contributed by atoms with Gasteiger partial charge in [0.1, 0.15) is 12.2 Å².